The maximum absolute atomic E-state index is 9.71. The van der Waals surface area contributed by atoms with Crippen LogP contribution in [0, 0.1) is 0 Å². The summed E-state index contributed by atoms with van der Waals surface area (Å²) in [5, 5.41) is 56.5. The fourth-order valence-electron chi connectivity index (χ4n) is 5.89. The van der Waals surface area contributed by atoms with E-state index in [1.165, 1.54) is 0 Å². The number of ether oxygens (including phenoxy) is 3. The highest BCUT2D eigenvalue weighted by Gasteiger charge is 2.16. The van der Waals surface area contributed by atoms with Crippen molar-refractivity contribution in [1.82, 2.24) is 0 Å². The van der Waals surface area contributed by atoms with Gasteiger partial charge in [0.25, 0.3) is 0 Å². The highest BCUT2D eigenvalue weighted by Crippen LogP contribution is 2.39. The number of hydrogen-bond donors (Lipinski definition) is 6. The zero-order valence-electron chi connectivity index (χ0n) is 30.7. The molecule has 6 rings (SSSR count). The van der Waals surface area contributed by atoms with Crippen LogP contribution in [0.4, 0.5) is 34.1 Å². The molecule has 0 aliphatic carbocycles. The van der Waals surface area contributed by atoms with E-state index in [0.29, 0.717) is 17.2 Å². The van der Waals surface area contributed by atoms with Crippen LogP contribution in [0.2, 0.25) is 0 Å². The third-order valence-corrected chi connectivity index (χ3v) is 8.84. The Kier molecular flexibility index (Phi) is 13.9. The van der Waals surface area contributed by atoms with Crippen LogP contribution in [0.25, 0.3) is 11.1 Å². The normalized spacial score (nSPS) is 12.7. The standard InChI is InChI=1S/C45H46N2O9/c48-26-40(51)29-54-43-20-14-37(15-21-43)46(34-4-2-1-3-5-34)35-10-6-32(7-11-35)33-8-12-36(13-9-33)47(38-16-22-44(23-17-38)55-30-41(52)27-49)39-18-24-45(25-19-39)56-31-42(53)28-50/h1-25,40-42,48-53H,26-31H2. The van der Waals surface area contributed by atoms with E-state index in [1.807, 2.05) is 115 Å². The molecule has 0 amide bonds. The fourth-order valence-corrected chi connectivity index (χ4v) is 5.89. The Hall–Kier alpha value is -5.92. The predicted molar refractivity (Wildman–Crippen MR) is 217 cm³/mol. The first-order valence-corrected chi connectivity index (χ1v) is 18.3. The second-order valence-electron chi connectivity index (χ2n) is 13.0. The number of anilines is 6. The van der Waals surface area contributed by atoms with Crippen LogP contribution in [0.3, 0.4) is 0 Å². The molecule has 6 N–H and O–H groups in total. The van der Waals surface area contributed by atoms with Gasteiger partial charge in [0.1, 0.15) is 55.4 Å². The molecule has 0 spiro atoms. The molecule has 290 valence electrons. The second-order valence-corrected chi connectivity index (χ2v) is 13.0. The molecule has 0 fully saturated rings. The molecule has 0 heterocycles. The van der Waals surface area contributed by atoms with Gasteiger partial charge < -0.3 is 54.6 Å². The first-order chi connectivity index (χ1) is 27.3. The lowest BCUT2D eigenvalue weighted by molar-refractivity contribution is 0.0536. The van der Waals surface area contributed by atoms with Gasteiger partial charge in [0.15, 0.2) is 0 Å². The Morgan fingerprint density at radius 3 is 0.857 bits per heavy atom. The first-order valence-electron chi connectivity index (χ1n) is 18.3. The van der Waals surface area contributed by atoms with Crippen molar-refractivity contribution in [2.75, 3.05) is 49.4 Å². The summed E-state index contributed by atoms with van der Waals surface area (Å²) in [4.78, 5) is 4.22. The molecule has 3 atom stereocenters. The number of nitrogens with zero attached hydrogens (tertiary/aromatic N) is 2. The van der Waals surface area contributed by atoms with Gasteiger partial charge in [0.05, 0.1) is 19.8 Å². The number of rotatable bonds is 19. The van der Waals surface area contributed by atoms with E-state index in [9.17, 15) is 15.3 Å². The lowest BCUT2D eigenvalue weighted by Crippen LogP contribution is -2.21. The van der Waals surface area contributed by atoms with Gasteiger partial charge in [-0.05, 0) is 120 Å². The summed E-state index contributed by atoms with van der Waals surface area (Å²) in [6, 6.07) is 49.1. The van der Waals surface area contributed by atoms with Crippen molar-refractivity contribution in [3.8, 4) is 28.4 Å². The van der Waals surface area contributed by atoms with Gasteiger partial charge in [-0.1, -0.05) is 42.5 Å². The van der Waals surface area contributed by atoms with Gasteiger partial charge in [-0.3, -0.25) is 0 Å². The molecule has 0 saturated heterocycles. The lowest BCUT2D eigenvalue weighted by atomic mass is 10.0. The summed E-state index contributed by atoms with van der Waals surface area (Å²) >= 11 is 0. The van der Waals surface area contributed by atoms with Gasteiger partial charge >= 0.3 is 0 Å². The third kappa shape index (κ3) is 10.4. The molecule has 0 saturated carbocycles. The monoisotopic (exact) mass is 758 g/mol. The van der Waals surface area contributed by atoms with Crippen molar-refractivity contribution in [3.05, 3.63) is 152 Å². The molecular weight excluding hydrogens is 713 g/mol. The number of para-hydroxylation sites is 1. The molecule has 6 aromatic carbocycles. The molecule has 11 nitrogen and oxygen atoms in total. The molecule has 56 heavy (non-hydrogen) atoms. The topological polar surface area (TPSA) is 156 Å². The predicted octanol–water partition coefficient (Wildman–Crippen LogP) is 6.49. The van der Waals surface area contributed by atoms with Crippen molar-refractivity contribution in [3.63, 3.8) is 0 Å². The molecule has 0 aliphatic heterocycles. The Bertz CT molecular complexity index is 1990. The Labute approximate surface area is 326 Å². The van der Waals surface area contributed by atoms with Crippen LogP contribution in [0.15, 0.2) is 152 Å². The minimum Gasteiger partial charge on any atom is -0.491 e. The molecule has 0 aliphatic rings. The summed E-state index contributed by atoms with van der Waals surface area (Å²) in [5.41, 5.74) is 7.53. The van der Waals surface area contributed by atoms with E-state index >= 15 is 0 Å². The van der Waals surface area contributed by atoms with Crippen LogP contribution in [0.1, 0.15) is 0 Å². The largest absolute Gasteiger partial charge is 0.491 e. The van der Waals surface area contributed by atoms with Crippen LogP contribution in [-0.2, 0) is 0 Å². The van der Waals surface area contributed by atoms with Gasteiger partial charge in [-0.2, -0.15) is 0 Å². The van der Waals surface area contributed by atoms with Crippen LogP contribution in [-0.4, -0.2) is 88.6 Å². The number of benzene rings is 6. The van der Waals surface area contributed by atoms with Crippen LogP contribution in [0.5, 0.6) is 17.2 Å². The van der Waals surface area contributed by atoms with Crippen molar-refractivity contribution in [2.24, 2.45) is 0 Å². The average Bonchev–Trinajstić information content (AvgIpc) is 3.26. The molecular formula is C45H46N2O9. The van der Waals surface area contributed by atoms with Crippen LogP contribution < -0.4 is 24.0 Å². The number of hydrogen-bond acceptors (Lipinski definition) is 11. The zero-order valence-corrected chi connectivity index (χ0v) is 30.7. The molecule has 3 unspecified atom stereocenters. The van der Waals surface area contributed by atoms with E-state index in [4.69, 9.17) is 29.5 Å². The SMILES string of the molecule is OCC(O)COc1ccc(N(c2ccccc2)c2ccc(-c3ccc(N(c4ccc(OCC(O)CO)cc4)c4ccc(OCC(O)CO)cc4)cc3)cc2)cc1. The molecule has 6 aromatic rings. The van der Waals surface area contributed by atoms with Gasteiger partial charge in [0.2, 0.25) is 0 Å². The minimum atomic E-state index is -0.971. The smallest absolute Gasteiger partial charge is 0.119 e. The van der Waals surface area contributed by atoms with Crippen molar-refractivity contribution >= 4 is 34.1 Å². The highest BCUT2D eigenvalue weighted by atomic mass is 16.5. The highest BCUT2D eigenvalue weighted by molar-refractivity contribution is 5.81. The van der Waals surface area contributed by atoms with E-state index in [1.54, 1.807) is 0 Å². The maximum Gasteiger partial charge on any atom is 0.119 e. The van der Waals surface area contributed by atoms with Gasteiger partial charge in [0, 0.05) is 34.1 Å². The molecule has 11 heteroatoms. The average molecular weight is 759 g/mol. The zero-order chi connectivity index (χ0) is 39.3. The summed E-state index contributed by atoms with van der Waals surface area (Å²) < 4.78 is 16.9. The minimum absolute atomic E-state index is 0.00212. The van der Waals surface area contributed by atoms with Crippen molar-refractivity contribution < 1.29 is 44.8 Å². The van der Waals surface area contributed by atoms with E-state index in [2.05, 4.69) is 46.2 Å². The summed E-state index contributed by atoms with van der Waals surface area (Å²) in [6.07, 6.45) is -2.88. The van der Waals surface area contributed by atoms with E-state index in [-0.39, 0.29) is 39.6 Å². The molecule has 0 radical (unpaired) electrons. The fraction of sp³-hybridized carbons (Fsp3) is 0.200. The summed E-state index contributed by atoms with van der Waals surface area (Å²) in [6.45, 7) is -1.19. The third-order valence-electron chi connectivity index (χ3n) is 8.84. The second kappa shape index (κ2) is 19.6. The van der Waals surface area contributed by atoms with E-state index < -0.39 is 18.3 Å². The number of aliphatic hydroxyl groups excluding tert-OH is 6. The number of aliphatic hydroxyl groups is 6. The summed E-state index contributed by atoms with van der Waals surface area (Å²) in [5.74, 6) is 1.70. The quantitative estimate of drug-likeness (QED) is 0.0537. The van der Waals surface area contributed by atoms with Crippen molar-refractivity contribution in [2.45, 2.75) is 18.3 Å². The first kappa shape index (κ1) is 39.8. The molecule has 0 bridgehead atoms. The van der Waals surface area contributed by atoms with Gasteiger partial charge in [-0.25, -0.2) is 0 Å². The van der Waals surface area contributed by atoms with Crippen LogP contribution >= 0.6 is 0 Å². The summed E-state index contributed by atoms with van der Waals surface area (Å²) in [7, 11) is 0. The lowest BCUT2D eigenvalue weighted by Gasteiger charge is -2.26. The van der Waals surface area contributed by atoms with Crippen molar-refractivity contribution in [1.29, 1.82) is 0 Å². The maximum atomic E-state index is 9.71. The van der Waals surface area contributed by atoms with Gasteiger partial charge in [-0.15, -0.1) is 0 Å². The Morgan fingerprint density at radius 2 is 0.589 bits per heavy atom. The Balaban J connectivity index is 1.24. The Morgan fingerprint density at radius 1 is 0.339 bits per heavy atom. The van der Waals surface area contributed by atoms with E-state index in [0.717, 1.165) is 45.3 Å². The molecule has 0 aromatic heterocycles.